The molecule has 0 unspecified atom stereocenters. The minimum absolute atomic E-state index is 1.04. The van der Waals surface area contributed by atoms with Gasteiger partial charge in [0.25, 0.3) is 0 Å². The normalized spacial score (nSPS) is 13.4. The summed E-state index contributed by atoms with van der Waals surface area (Å²) in [6.07, 6.45) is 6.89. The van der Waals surface area contributed by atoms with Gasteiger partial charge in [0, 0.05) is 11.6 Å². The highest BCUT2D eigenvalue weighted by molar-refractivity contribution is 6.23. The summed E-state index contributed by atoms with van der Waals surface area (Å²) in [5, 5.41) is 6.47. The molecule has 162 valence electrons. The second-order valence-corrected chi connectivity index (χ2v) is 9.37. The fraction of sp³-hybridized carbons (Fsp3) is 0.121. The number of rotatable bonds is 2. The smallest absolute Gasteiger partial charge is 0.0708 e. The van der Waals surface area contributed by atoms with E-state index in [1.807, 2.05) is 6.20 Å². The highest BCUT2D eigenvalue weighted by Gasteiger charge is 2.21. The number of para-hydroxylation sites is 1. The molecule has 34 heavy (non-hydrogen) atoms. The predicted octanol–water partition coefficient (Wildman–Crippen LogP) is 8.75. The fourth-order valence-electron chi connectivity index (χ4n) is 6.04. The van der Waals surface area contributed by atoms with Crippen LogP contribution >= 0.6 is 0 Å². The van der Waals surface area contributed by atoms with Crippen LogP contribution in [0.3, 0.4) is 0 Å². The molecule has 0 amide bonds. The monoisotopic (exact) mass is 435 g/mol. The largest absolute Gasteiger partial charge is 0.256 e. The Morgan fingerprint density at radius 1 is 0.471 bits per heavy atom. The van der Waals surface area contributed by atoms with Crippen LogP contribution in [-0.2, 0) is 12.8 Å². The Morgan fingerprint density at radius 3 is 1.76 bits per heavy atom. The van der Waals surface area contributed by atoms with Crippen molar-refractivity contribution in [2.75, 3.05) is 0 Å². The third kappa shape index (κ3) is 2.90. The zero-order valence-electron chi connectivity index (χ0n) is 19.1. The maximum absolute atomic E-state index is 4.64. The first-order valence-corrected chi connectivity index (χ1v) is 12.3. The molecule has 0 spiro atoms. The molecule has 1 nitrogen and oxygen atoms in total. The van der Waals surface area contributed by atoms with Gasteiger partial charge in [0.15, 0.2) is 0 Å². The molecule has 0 fully saturated rings. The number of hydrogen-bond donors (Lipinski definition) is 0. The van der Waals surface area contributed by atoms with Crippen LogP contribution in [0.1, 0.15) is 24.0 Å². The molecule has 0 radical (unpaired) electrons. The molecule has 1 aliphatic carbocycles. The van der Waals surface area contributed by atoms with E-state index in [1.54, 1.807) is 5.56 Å². The van der Waals surface area contributed by atoms with Crippen molar-refractivity contribution in [2.45, 2.75) is 25.7 Å². The summed E-state index contributed by atoms with van der Waals surface area (Å²) in [4.78, 5) is 4.64. The molecule has 0 N–H and O–H groups in total. The second-order valence-electron chi connectivity index (χ2n) is 9.37. The van der Waals surface area contributed by atoms with Gasteiger partial charge in [-0.25, -0.2) is 0 Å². The summed E-state index contributed by atoms with van der Waals surface area (Å²) in [6, 6.07) is 35.5. The van der Waals surface area contributed by atoms with Gasteiger partial charge < -0.3 is 0 Å². The van der Waals surface area contributed by atoms with Crippen molar-refractivity contribution in [3.63, 3.8) is 0 Å². The summed E-state index contributed by atoms with van der Waals surface area (Å²) < 4.78 is 0. The van der Waals surface area contributed by atoms with Crippen molar-refractivity contribution in [3.8, 4) is 22.3 Å². The van der Waals surface area contributed by atoms with E-state index in [4.69, 9.17) is 0 Å². The van der Waals surface area contributed by atoms with E-state index in [2.05, 4.69) is 102 Å². The minimum Gasteiger partial charge on any atom is -0.256 e. The van der Waals surface area contributed by atoms with Crippen LogP contribution in [0, 0.1) is 0 Å². The predicted molar refractivity (Wildman–Crippen MR) is 144 cm³/mol. The van der Waals surface area contributed by atoms with Crippen LogP contribution in [0.5, 0.6) is 0 Å². The van der Waals surface area contributed by atoms with Gasteiger partial charge in [-0.15, -0.1) is 0 Å². The molecule has 0 bridgehead atoms. The number of benzene rings is 5. The van der Waals surface area contributed by atoms with E-state index in [-0.39, 0.29) is 0 Å². The third-order valence-electron chi connectivity index (χ3n) is 7.52. The highest BCUT2D eigenvalue weighted by atomic mass is 14.6. The lowest BCUT2D eigenvalue weighted by atomic mass is 9.81. The van der Waals surface area contributed by atoms with Gasteiger partial charge in [0.05, 0.1) is 5.52 Å². The highest BCUT2D eigenvalue weighted by Crippen LogP contribution is 2.46. The number of pyridine rings is 1. The number of nitrogens with zero attached hydrogens (tertiary/aromatic N) is 1. The van der Waals surface area contributed by atoms with Crippen molar-refractivity contribution in [3.05, 3.63) is 114 Å². The molecule has 1 aromatic heterocycles. The van der Waals surface area contributed by atoms with Crippen LogP contribution < -0.4 is 0 Å². The van der Waals surface area contributed by atoms with Crippen molar-refractivity contribution < 1.29 is 0 Å². The zero-order chi connectivity index (χ0) is 22.5. The van der Waals surface area contributed by atoms with E-state index >= 15 is 0 Å². The number of aryl methyl sites for hydroxylation is 1. The van der Waals surface area contributed by atoms with Gasteiger partial charge in [0.1, 0.15) is 0 Å². The average molecular weight is 436 g/mol. The lowest BCUT2D eigenvalue weighted by Gasteiger charge is -2.23. The average Bonchev–Trinajstić information content (AvgIpc) is 2.91. The molecule has 0 aliphatic heterocycles. The number of hydrogen-bond acceptors (Lipinski definition) is 1. The summed E-state index contributed by atoms with van der Waals surface area (Å²) in [7, 11) is 0. The first-order valence-electron chi connectivity index (χ1n) is 12.3. The Morgan fingerprint density at radius 2 is 1.06 bits per heavy atom. The lowest BCUT2D eigenvalue weighted by molar-refractivity contribution is 0.687. The second kappa shape index (κ2) is 7.81. The lowest BCUT2D eigenvalue weighted by Crippen LogP contribution is -2.04. The Labute approximate surface area is 199 Å². The van der Waals surface area contributed by atoms with Gasteiger partial charge in [0.2, 0.25) is 0 Å². The van der Waals surface area contributed by atoms with Gasteiger partial charge in [-0.1, -0.05) is 84.9 Å². The van der Waals surface area contributed by atoms with Crippen LogP contribution in [0.15, 0.2) is 103 Å². The van der Waals surface area contributed by atoms with Crippen molar-refractivity contribution in [1.29, 1.82) is 0 Å². The van der Waals surface area contributed by atoms with Crippen LogP contribution in [0.25, 0.3) is 54.7 Å². The Hall–Kier alpha value is -3.97. The summed E-state index contributed by atoms with van der Waals surface area (Å²) >= 11 is 0. The van der Waals surface area contributed by atoms with Crippen LogP contribution in [-0.4, -0.2) is 4.98 Å². The molecule has 1 aliphatic rings. The summed E-state index contributed by atoms with van der Waals surface area (Å²) in [6.45, 7) is 0. The summed E-state index contributed by atoms with van der Waals surface area (Å²) in [5.74, 6) is 0. The summed E-state index contributed by atoms with van der Waals surface area (Å²) in [5.41, 5.74) is 9.46. The fourth-order valence-corrected chi connectivity index (χ4v) is 6.04. The molecule has 6 aromatic rings. The van der Waals surface area contributed by atoms with E-state index < -0.39 is 0 Å². The van der Waals surface area contributed by atoms with E-state index in [0.717, 1.165) is 5.52 Å². The number of aromatic nitrogens is 1. The first-order chi connectivity index (χ1) is 16.9. The molecule has 0 atom stereocenters. The molecule has 1 heterocycles. The van der Waals surface area contributed by atoms with Crippen molar-refractivity contribution in [1.82, 2.24) is 4.98 Å². The van der Waals surface area contributed by atoms with Gasteiger partial charge in [-0.05, 0) is 92.7 Å². The first kappa shape index (κ1) is 19.5. The maximum Gasteiger partial charge on any atom is 0.0708 e. The van der Waals surface area contributed by atoms with E-state index in [1.165, 1.54) is 80.4 Å². The van der Waals surface area contributed by atoms with Gasteiger partial charge in [-0.3, -0.25) is 4.98 Å². The Bertz CT molecular complexity index is 1650. The Kier molecular flexibility index (Phi) is 4.48. The topological polar surface area (TPSA) is 12.9 Å². The van der Waals surface area contributed by atoms with Gasteiger partial charge in [-0.2, -0.15) is 0 Å². The minimum atomic E-state index is 1.04. The zero-order valence-corrected chi connectivity index (χ0v) is 19.1. The maximum atomic E-state index is 4.64. The SMILES string of the molecule is c1cc2c(c(-c3c4ccccc4c(-c4ccnc5ccccc45)c4ccccc34)c1)CCCC2. The number of fused-ring (bicyclic) bond motifs is 4. The van der Waals surface area contributed by atoms with E-state index in [0.29, 0.717) is 0 Å². The third-order valence-corrected chi connectivity index (χ3v) is 7.52. The molecular weight excluding hydrogens is 410 g/mol. The molecule has 7 rings (SSSR count). The molecule has 0 saturated heterocycles. The quantitative estimate of drug-likeness (QED) is 0.248. The van der Waals surface area contributed by atoms with Crippen LogP contribution in [0.4, 0.5) is 0 Å². The van der Waals surface area contributed by atoms with Gasteiger partial charge >= 0.3 is 0 Å². The molecule has 1 heteroatoms. The van der Waals surface area contributed by atoms with Crippen molar-refractivity contribution >= 4 is 32.4 Å². The molecule has 5 aromatic carbocycles. The Balaban J connectivity index is 1.66. The van der Waals surface area contributed by atoms with E-state index in [9.17, 15) is 0 Å². The molecule has 0 saturated carbocycles. The van der Waals surface area contributed by atoms with Crippen LogP contribution in [0.2, 0.25) is 0 Å². The standard InChI is InChI=1S/C33H25N/c1-2-12-23-22(10-1)11-9-18-25(23)32-26-14-3-5-16-28(26)33(29-17-6-4-15-27(29)32)30-20-21-34-31-19-8-7-13-24(30)31/h3-9,11,13-21H,1-2,10,12H2. The van der Waals surface area contributed by atoms with Crippen molar-refractivity contribution in [2.24, 2.45) is 0 Å². The molecular formula is C33H25N.